The third-order valence-electron chi connectivity index (χ3n) is 4.99. The lowest BCUT2D eigenvalue weighted by Crippen LogP contribution is -2.43. The van der Waals surface area contributed by atoms with Crippen LogP contribution in [0.4, 0.5) is 0 Å². The van der Waals surface area contributed by atoms with E-state index in [1.165, 1.54) is 36.8 Å². The van der Waals surface area contributed by atoms with Crippen LogP contribution in [-0.2, 0) is 17.6 Å². The van der Waals surface area contributed by atoms with Crippen LogP contribution in [0.25, 0.3) is 0 Å². The number of carbonyl (C=O) groups excluding carboxylic acids is 1. The fourth-order valence-electron chi connectivity index (χ4n) is 3.85. The van der Waals surface area contributed by atoms with Gasteiger partial charge in [0.25, 0.3) is 0 Å². The number of rotatable bonds is 3. The molecule has 1 amide bonds. The Morgan fingerprint density at radius 2 is 1.70 bits per heavy atom. The number of amides is 1. The van der Waals surface area contributed by atoms with Crippen molar-refractivity contribution in [3.05, 3.63) is 35.4 Å². The van der Waals surface area contributed by atoms with E-state index in [2.05, 4.69) is 29.6 Å². The summed E-state index contributed by atoms with van der Waals surface area (Å²) in [7, 11) is 3.64. The lowest BCUT2D eigenvalue weighted by Gasteiger charge is -2.24. The fourth-order valence-corrected chi connectivity index (χ4v) is 3.85. The number of hydrogen-bond donors (Lipinski definition) is 1. The van der Waals surface area contributed by atoms with Crippen molar-refractivity contribution >= 4 is 5.91 Å². The molecule has 0 radical (unpaired) electrons. The minimum atomic E-state index is 0.172. The summed E-state index contributed by atoms with van der Waals surface area (Å²) in [6, 6.07) is 9.35. The number of nitrogens with zero attached hydrogens (tertiary/aromatic N) is 1. The molecule has 3 heteroatoms. The number of nitrogens with one attached hydrogen (secondary N) is 1. The van der Waals surface area contributed by atoms with Crippen LogP contribution in [-0.4, -0.2) is 37.5 Å². The molecule has 0 aromatic heterocycles. The summed E-state index contributed by atoms with van der Waals surface area (Å²) in [4.78, 5) is 13.5. The number of likely N-dealkylation sites (N-methyl/N-ethyl adjacent to an activating group) is 1. The van der Waals surface area contributed by atoms with E-state index in [-0.39, 0.29) is 5.91 Å². The molecule has 3 nitrogen and oxygen atoms in total. The second-order valence-electron chi connectivity index (χ2n) is 6.47. The van der Waals surface area contributed by atoms with Crippen LogP contribution in [0.5, 0.6) is 0 Å². The van der Waals surface area contributed by atoms with Gasteiger partial charge in [0.15, 0.2) is 0 Å². The van der Waals surface area contributed by atoms with Crippen LogP contribution >= 0.6 is 0 Å². The summed E-state index contributed by atoms with van der Waals surface area (Å²) in [5, 5.41) is 3.55. The Morgan fingerprint density at radius 3 is 2.20 bits per heavy atom. The third-order valence-corrected chi connectivity index (χ3v) is 4.99. The standard InChI is InChI=1S/C17H24N2O/c1-19(2)16(20)11-18-17-14-7-8-15(17)10-13-6-4-3-5-12(13)9-14/h3-6,14-15,17-18H,7-11H2,1-2H3. The largest absolute Gasteiger partial charge is 0.348 e. The highest BCUT2D eigenvalue weighted by Gasteiger charge is 2.38. The van der Waals surface area contributed by atoms with Gasteiger partial charge in [-0.1, -0.05) is 24.3 Å². The van der Waals surface area contributed by atoms with Crippen LogP contribution in [0.2, 0.25) is 0 Å². The lowest BCUT2D eigenvalue weighted by atomic mass is 9.94. The molecule has 1 N–H and O–H groups in total. The van der Waals surface area contributed by atoms with Gasteiger partial charge in [-0.25, -0.2) is 0 Å². The molecule has 0 aliphatic heterocycles. The fraction of sp³-hybridized carbons (Fsp3) is 0.588. The van der Waals surface area contributed by atoms with E-state index < -0.39 is 0 Å². The maximum Gasteiger partial charge on any atom is 0.236 e. The Labute approximate surface area is 121 Å². The molecule has 2 aliphatic carbocycles. The number of hydrogen-bond acceptors (Lipinski definition) is 2. The van der Waals surface area contributed by atoms with E-state index >= 15 is 0 Å². The Kier molecular flexibility index (Phi) is 3.79. The van der Waals surface area contributed by atoms with Crippen LogP contribution in [0.1, 0.15) is 24.0 Å². The quantitative estimate of drug-likeness (QED) is 0.911. The first-order valence-electron chi connectivity index (χ1n) is 7.65. The molecule has 2 aliphatic rings. The van der Waals surface area contributed by atoms with Gasteiger partial charge in [0.2, 0.25) is 5.91 Å². The molecule has 0 heterocycles. The average molecular weight is 272 g/mol. The van der Waals surface area contributed by atoms with E-state index in [0.29, 0.717) is 24.4 Å². The Balaban J connectivity index is 1.71. The van der Waals surface area contributed by atoms with Gasteiger partial charge in [-0.3, -0.25) is 4.79 Å². The summed E-state index contributed by atoms with van der Waals surface area (Å²) in [6.45, 7) is 0.473. The molecule has 1 fully saturated rings. The predicted molar refractivity (Wildman–Crippen MR) is 80.5 cm³/mol. The Hall–Kier alpha value is -1.35. The van der Waals surface area contributed by atoms with Crippen molar-refractivity contribution in [1.29, 1.82) is 0 Å². The minimum absolute atomic E-state index is 0.172. The smallest absolute Gasteiger partial charge is 0.236 e. The lowest BCUT2D eigenvalue weighted by molar-refractivity contribution is -0.127. The number of carbonyl (C=O) groups is 1. The normalized spacial score (nSPS) is 27.8. The van der Waals surface area contributed by atoms with Crippen LogP contribution < -0.4 is 5.32 Å². The number of benzene rings is 1. The highest BCUT2D eigenvalue weighted by atomic mass is 16.2. The van der Waals surface area contributed by atoms with Crippen molar-refractivity contribution in [1.82, 2.24) is 10.2 Å². The van der Waals surface area contributed by atoms with Gasteiger partial charge in [0.05, 0.1) is 6.54 Å². The van der Waals surface area contributed by atoms with Gasteiger partial charge in [-0.05, 0) is 48.6 Å². The van der Waals surface area contributed by atoms with Crippen molar-refractivity contribution in [2.24, 2.45) is 11.8 Å². The van der Waals surface area contributed by atoms with Crippen molar-refractivity contribution in [2.75, 3.05) is 20.6 Å². The SMILES string of the molecule is CN(C)C(=O)CNC1C2CCC1Cc1ccccc1C2. The highest BCUT2D eigenvalue weighted by Crippen LogP contribution is 2.39. The van der Waals surface area contributed by atoms with Crippen LogP contribution in [0.3, 0.4) is 0 Å². The van der Waals surface area contributed by atoms with Crippen LogP contribution in [0, 0.1) is 11.8 Å². The van der Waals surface area contributed by atoms with Crippen molar-refractivity contribution < 1.29 is 4.79 Å². The van der Waals surface area contributed by atoms with E-state index in [4.69, 9.17) is 0 Å². The molecule has 0 saturated heterocycles. The molecule has 1 aromatic rings. The highest BCUT2D eigenvalue weighted by molar-refractivity contribution is 5.77. The molecule has 108 valence electrons. The monoisotopic (exact) mass is 272 g/mol. The van der Waals surface area contributed by atoms with E-state index in [1.54, 1.807) is 4.90 Å². The van der Waals surface area contributed by atoms with E-state index in [9.17, 15) is 4.79 Å². The van der Waals surface area contributed by atoms with Crippen molar-refractivity contribution in [3.63, 3.8) is 0 Å². The first kappa shape index (κ1) is 13.6. The first-order chi connectivity index (χ1) is 9.65. The van der Waals surface area contributed by atoms with Gasteiger partial charge >= 0.3 is 0 Å². The topological polar surface area (TPSA) is 32.3 Å². The number of fused-ring (bicyclic) bond motifs is 3. The van der Waals surface area contributed by atoms with Gasteiger partial charge in [0, 0.05) is 20.1 Å². The Morgan fingerprint density at radius 1 is 1.15 bits per heavy atom. The maximum atomic E-state index is 11.8. The van der Waals surface area contributed by atoms with E-state index in [0.717, 1.165) is 0 Å². The molecule has 20 heavy (non-hydrogen) atoms. The molecule has 2 unspecified atom stereocenters. The molecular formula is C17H24N2O. The predicted octanol–water partition coefficient (Wildman–Crippen LogP) is 1.86. The van der Waals surface area contributed by atoms with Gasteiger partial charge in [-0.2, -0.15) is 0 Å². The molecule has 2 bridgehead atoms. The van der Waals surface area contributed by atoms with Gasteiger partial charge in [-0.15, -0.1) is 0 Å². The second kappa shape index (κ2) is 5.57. The van der Waals surface area contributed by atoms with E-state index in [1.807, 2.05) is 14.1 Å². The molecular weight excluding hydrogens is 248 g/mol. The van der Waals surface area contributed by atoms with Crippen molar-refractivity contribution in [2.45, 2.75) is 31.7 Å². The zero-order valence-electron chi connectivity index (χ0n) is 12.4. The average Bonchev–Trinajstić information content (AvgIpc) is 2.70. The maximum absolute atomic E-state index is 11.8. The Bertz CT molecular complexity index is 465. The van der Waals surface area contributed by atoms with Gasteiger partial charge in [0.1, 0.15) is 0 Å². The molecule has 3 rings (SSSR count). The first-order valence-corrected chi connectivity index (χ1v) is 7.65. The zero-order chi connectivity index (χ0) is 14.1. The summed E-state index contributed by atoms with van der Waals surface area (Å²) < 4.78 is 0. The minimum Gasteiger partial charge on any atom is -0.348 e. The van der Waals surface area contributed by atoms with Crippen molar-refractivity contribution in [3.8, 4) is 0 Å². The molecule has 2 atom stereocenters. The second-order valence-corrected chi connectivity index (χ2v) is 6.47. The molecule has 1 aromatic carbocycles. The summed E-state index contributed by atoms with van der Waals surface area (Å²) >= 11 is 0. The molecule has 1 saturated carbocycles. The molecule has 0 spiro atoms. The zero-order valence-corrected chi connectivity index (χ0v) is 12.4. The van der Waals surface area contributed by atoms with Gasteiger partial charge < -0.3 is 10.2 Å². The summed E-state index contributed by atoms with van der Waals surface area (Å²) in [5.41, 5.74) is 3.04. The van der Waals surface area contributed by atoms with Crippen LogP contribution in [0.15, 0.2) is 24.3 Å². The summed E-state index contributed by atoms with van der Waals surface area (Å²) in [5.74, 6) is 1.56. The summed E-state index contributed by atoms with van der Waals surface area (Å²) in [6.07, 6.45) is 4.93. The third kappa shape index (κ3) is 2.59.